The van der Waals surface area contributed by atoms with E-state index in [4.69, 9.17) is 27.9 Å². The molecule has 5 nitrogen and oxygen atoms in total. The van der Waals surface area contributed by atoms with Crippen LogP contribution in [0.15, 0.2) is 53.5 Å². The van der Waals surface area contributed by atoms with E-state index in [1.165, 1.54) is 4.90 Å². The van der Waals surface area contributed by atoms with E-state index in [-0.39, 0.29) is 11.6 Å². The maximum atomic E-state index is 12.9. The number of rotatable bonds is 2. The molecule has 0 radical (unpaired) electrons. The molecule has 0 aliphatic carbocycles. The third-order valence-corrected chi connectivity index (χ3v) is 4.27. The summed E-state index contributed by atoms with van der Waals surface area (Å²) in [5.41, 5.74) is 0.793. The summed E-state index contributed by atoms with van der Waals surface area (Å²) in [5, 5.41) is 3.58. The van der Waals surface area contributed by atoms with Crippen LogP contribution in [0.4, 0.5) is 16.2 Å². The molecule has 0 saturated carbocycles. The molecular weight excluding hydrogens is 361 g/mol. The topological polar surface area (TPSA) is 53.9 Å². The number of hydrogen-bond donors (Lipinski definition) is 1. The second kappa shape index (κ2) is 6.94. The molecule has 2 aromatic carbocycles. The third kappa shape index (κ3) is 4.06. The van der Waals surface area contributed by atoms with Crippen molar-refractivity contribution in [1.29, 1.82) is 0 Å². The first-order chi connectivity index (χ1) is 11.9. The van der Waals surface area contributed by atoms with Gasteiger partial charge < -0.3 is 10.1 Å². The Morgan fingerprint density at radius 3 is 2.48 bits per heavy atom. The summed E-state index contributed by atoms with van der Waals surface area (Å²) in [7, 11) is 0. The first-order valence-electron chi connectivity index (χ1n) is 7.70. The van der Waals surface area contributed by atoms with E-state index in [2.05, 4.69) is 10.3 Å². The van der Waals surface area contributed by atoms with Crippen LogP contribution in [0.3, 0.4) is 0 Å². The van der Waals surface area contributed by atoms with Gasteiger partial charge in [-0.1, -0.05) is 41.4 Å². The summed E-state index contributed by atoms with van der Waals surface area (Å²) < 4.78 is 5.65. The smallest absolute Gasteiger partial charge is 0.334 e. The highest BCUT2D eigenvalue weighted by atomic mass is 35.5. The number of aliphatic imine (C=N–C) groups is 1. The van der Waals surface area contributed by atoms with Crippen molar-refractivity contribution in [2.45, 2.75) is 19.4 Å². The standard InChI is InChI=1S/C18H17Cl2N3O2/c1-18(2)11-25-17(22-18)23(13-6-4-3-5-7-13)16(24)21-12-8-9-14(19)15(20)10-12/h3-10H,11H2,1-2H3,(H,21,24). The van der Waals surface area contributed by atoms with Gasteiger partial charge in [-0.05, 0) is 44.2 Å². The summed E-state index contributed by atoms with van der Waals surface area (Å²) in [6, 6.07) is 13.9. The van der Waals surface area contributed by atoms with E-state index >= 15 is 0 Å². The molecule has 0 spiro atoms. The van der Waals surface area contributed by atoms with Crippen molar-refractivity contribution in [3.63, 3.8) is 0 Å². The molecule has 0 unspecified atom stereocenters. The van der Waals surface area contributed by atoms with Crippen molar-refractivity contribution < 1.29 is 9.53 Å². The molecular formula is C18H17Cl2N3O2. The number of nitrogens with zero attached hydrogens (tertiary/aromatic N) is 2. The SMILES string of the molecule is CC1(C)COC(N(C(=O)Nc2ccc(Cl)c(Cl)c2)c2ccccc2)=N1. The number of ether oxygens (including phenoxy) is 1. The van der Waals surface area contributed by atoms with Crippen molar-refractivity contribution >= 4 is 46.6 Å². The zero-order chi connectivity index (χ0) is 18.0. The molecule has 1 N–H and O–H groups in total. The summed E-state index contributed by atoms with van der Waals surface area (Å²) in [6.45, 7) is 4.30. The quantitative estimate of drug-likeness (QED) is 0.781. The van der Waals surface area contributed by atoms with Crippen LogP contribution < -0.4 is 10.2 Å². The number of urea groups is 1. The monoisotopic (exact) mass is 377 g/mol. The first kappa shape index (κ1) is 17.6. The number of halogens is 2. The van der Waals surface area contributed by atoms with E-state index < -0.39 is 6.03 Å². The van der Waals surface area contributed by atoms with Crippen LogP contribution in [0.1, 0.15) is 13.8 Å². The highest BCUT2D eigenvalue weighted by molar-refractivity contribution is 6.42. The first-order valence-corrected chi connectivity index (χ1v) is 8.45. The van der Waals surface area contributed by atoms with Gasteiger partial charge in [0.1, 0.15) is 6.61 Å². The van der Waals surface area contributed by atoms with Crippen LogP contribution in [0.2, 0.25) is 10.0 Å². The van der Waals surface area contributed by atoms with Gasteiger partial charge in [-0.2, -0.15) is 0 Å². The fraction of sp³-hybridized carbons (Fsp3) is 0.222. The molecule has 2 amide bonds. The minimum atomic E-state index is -0.402. The van der Waals surface area contributed by atoms with Crippen LogP contribution in [-0.4, -0.2) is 24.2 Å². The molecule has 2 aromatic rings. The largest absolute Gasteiger partial charge is 0.462 e. The van der Waals surface area contributed by atoms with Crippen LogP contribution >= 0.6 is 23.2 Å². The lowest BCUT2D eigenvalue weighted by Gasteiger charge is -2.22. The summed E-state index contributed by atoms with van der Waals surface area (Å²) in [5.74, 6) is 0. The van der Waals surface area contributed by atoms with Gasteiger partial charge in [0.25, 0.3) is 0 Å². The molecule has 0 aromatic heterocycles. The number of benzene rings is 2. The van der Waals surface area contributed by atoms with Crippen molar-refractivity contribution in [3.8, 4) is 0 Å². The lowest BCUT2D eigenvalue weighted by Crippen LogP contribution is -2.40. The van der Waals surface area contributed by atoms with Crippen molar-refractivity contribution in [2.75, 3.05) is 16.8 Å². The van der Waals surface area contributed by atoms with Crippen LogP contribution in [0.5, 0.6) is 0 Å². The second-order valence-electron chi connectivity index (χ2n) is 6.23. The predicted octanol–water partition coefficient (Wildman–Crippen LogP) is 5.20. The lowest BCUT2D eigenvalue weighted by atomic mass is 10.1. The van der Waals surface area contributed by atoms with Gasteiger partial charge in [-0.3, -0.25) is 0 Å². The number of amides is 2. The number of carbonyl (C=O) groups is 1. The molecule has 3 rings (SSSR count). The molecule has 1 heterocycles. The molecule has 1 aliphatic heterocycles. The fourth-order valence-corrected chi connectivity index (χ4v) is 2.62. The van der Waals surface area contributed by atoms with Gasteiger partial charge in [-0.25, -0.2) is 14.7 Å². The summed E-state index contributed by atoms with van der Waals surface area (Å²) in [6.07, 6.45) is 0. The van der Waals surface area contributed by atoms with Gasteiger partial charge in [0.05, 0.1) is 21.3 Å². The summed E-state index contributed by atoms with van der Waals surface area (Å²) in [4.78, 5) is 18.8. The maximum absolute atomic E-state index is 12.9. The Morgan fingerprint density at radius 2 is 1.88 bits per heavy atom. The van der Waals surface area contributed by atoms with Crippen molar-refractivity contribution in [1.82, 2.24) is 0 Å². The number of para-hydroxylation sites is 1. The number of amidine groups is 1. The van der Waals surface area contributed by atoms with E-state index in [1.54, 1.807) is 18.2 Å². The second-order valence-corrected chi connectivity index (χ2v) is 7.04. The fourth-order valence-electron chi connectivity index (χ4n) is 2.32. The van der Waals surface area contributed by atoms with Gasteiger partial charge in [-0.15, -0.1) is 0 Å². The Bertz CT molecular complexity index is 822. The lowest BCUT2D eigenvalue weighted by molar-refractivity contribution is 0.253. The Balaban J connectivity index is 1.91. The van der Waals surface area contributed by atoms with Crippen LogP contribution in [-0.2, 0) is 4.74 Å². The molecule has 1 aliphatic rings. The molecule has 0 atom stereocenters. The van der Waals surface area contributed by atoms with E-state index in [0.717, 1.165) is 0 Å². The minimum absolute atomic E-state index is 0.258. The highest BCUT2D eigenvalue weighted by Crippen LogP contribution is 2.27. The van der Waals surface area contributed by atoms with E-state index in [0.29, 0.717) is 28.0 Å². The normalized spacial score (nSPS) is 15.3. The number of anilines is 2. The van der Waals surface area contributed by atoms with E-state index in [1.807, 2.05) is 44.2 Å². The Morgan fingerprint density at radius 1 is 1.16 bits per heavy atom. The minimum Gasteiger partial charge on any atom is -0.462 e. The molecule has 0 bridgehead atoms. The predicted molar refractivity (Wildman–Crippen MR) is 102 cm³/mol. The third-order valence-electron chi connectivity index (χ3n) is 3.53. The van der Waals surface area contributed by atoms with Gasteiger partial charge in [0.2, 0.25) is 0 Å². The Labute approximate surface area is 156 Å². The average molecular weight is 378 g/mol. The van der Waals surface area contributed by atoms with E-state index in [9.17, 15) is 4.79 Å². The number of nitrogens with one attached hydrogen (secondary N) is 1. The van der Waals surface area contributed by atoms with Crippen LogP contribution in [0.25, 0.3) is 0 Å². The molecule has 7 heteroatoms. The van der Waals surface area contributed by atoms with Gasteiger partial charge >= 0.3 is 12.1 Å². The zero-order valence-electron chi connectivity index (χ0n) is 13.8. The number of hydrogen-bond acceptors (Lipinski definition) is 3. The van der Waals surface area contributed by atoms with Gasteiger partial charge in [0, 0.05) is 5.69 Å². The maximum Gasteiger partial charge on any atom is 0.334 e. The average Bonchev–Trinajstić information content (AvgIpc) is 2.92. The molecule has 25 heavy (non-hydrogen) atoms. The highest BCUT2D eigenvalue weighted by Gasteiger charge is 2.33. The zero-order valence-corrected chi connectivity index (χ0v) is 15.3. The Kier molecular flexibility index (Phi) is 4.88. The molecule has 0 saturated heterocycles. The summed E-state index contributed by atoms with van der Waals surface area (Å²) >= 11 is 11.9. The molecule has 130 valence electrons. The Hall–Kier alpha value is -2.24. The van der Waals surface area contributed by atoms with Crippen molar-refractivity contribution in [3.05, 3.63) is 58.6 Å². The number of carbonyl (C=O) groups excluding carboxylic acids is 1. The van der Waals surface area contributed by atoms with Crippen molar-refractivity contribution in [2.24, 2.45) is 4.99 Å². The van der Waals surface area contributed by atoms with Gasteiger partial charge in [0.15, 0.2) is 0 Å². The van der Waals surface area contributed by atoms with Crippen LogP contribution in [0, 0.1) is 0 Å². The molecule has 0 fully saturated rings.